The lowest BCUT2D eigenvalue weighted by molar-refractivity contribution is -0.116. The van der Waals surface area contributed by atoms with Crippen LogP contribution in [0, 0.1) is 0 Å². The van der Waals surface area contributed by atoms with Crippen LogP contribution in [0.5, 0.6) is 0 Å². The molecular formula is C6H9NO4. The third kappa shape index (κ3) is 1.76. The first-order chi connectivity index (χ1) is 5.24. The summed E-state index contributed by atoms with van der Waals surface area (Å²) in [5, 5.41) is 9.21. The van der Waals surface area contributed by atoms with Gasteiger partial charge >= 0.3 is 12.0 Å². The Labute approximate surface area is 63.8 Å². The molecule has 0 unspecified atom stereocenters. The van der Waals surface area contributed by atoms with Crippen LogP contribution in [0.25, 0.3) is 0 Å². The minimum absolute atomic E-state index is 0.227. The number of hydrogen-bond donors (Lipinski definition) is 1. The fraction of sp³-hybridized carbons (Fsp3) is 0.500. The zero-order valence-corrected chi connectivity index (χ0v) is 6.11. The van der Waals surface area contributed by atoms with Crippen LogP contribution in [0.2, 0.25) is 0 Å². The fourth-order valence-corrected chi connectivity index (χ4v) is 0.685. The molecule has 0 aliphatic carbocycles. The quantitative estimate of drug-likeness (QED) is 0.647. The summed E-state index contributed by atoms with van der Waals surface area (Å²) >= 11 is 0. The minimum atomic E-state index is -1.11. The Morgan fingerprint density at radius 2 is 2.73 bits per heavy atom. The Morgan fingerprint density at radius 1 is 2.00 bits per heavy atom. The maximum Gasteiger partial charge on any atom is 0.441 e. The molecule has 0 saturated heterocycles. The molecule has 1 aliphatic heterocycles. The van der Waals surface area contributed by atoms with E-state index in [1.54, 1.807) is 13.0 Å². The van der Waals surface area contributed by atoms with Crippen molar-refractivity contribution in [3.05, 3.63) is 12.0 Å². The highest BCUT2D eigenvalue weighted by molar-refractivity contribution is 5.64. The summed E-state index contributed by atoms with van der Waals surface area (Å²) in [4.78, 5) is 15.0. The molecule has 5 heteroatoms. The molecule has 1 aliphatic rings. The molecule has 0 aromatic rings. The van der Waals surface area contributed by atoms with Crippen LogP contribution in [0.1, 0.15) is 6.92 Å². The minimum Gasteiger partial charge on any atom is -0.464 e. The monoisotopic (exact) mass is 159 g/mol. The van der Waals surface area contributed by atoms with Crippen molar-refractivity contribution in [1.82, 2.24) is 5.06 Å². The van der Waals surface area contributed by atoms with Crippen molar-refractivity contribution in [3.8, 4) is 0 Å². The van der Waals surface area contributed by atoms with Crippen molar-refractivity contribution in [3.63, 3.8) is 0 Å². The molecule has 0 bridgehead atoms. The van der Waals surface area contributed by atoms with E-state index in [4.69, 9.17) is 14.7 Å². The fourth-order valence-electron chi connectivity index (χ4n) is 0.685. The van der Waals surface area contributed by atoms with E-state index in [-0.39, 0.29) is 12.5 Å². The smallest absolute Gasteiger partial charge is 0.441 e. The molecule has 0 spiro atoms. The highest BCUT2D eigenvalue weighted by Gasteiger charge is 2.21. The Kier molecular flexibility index (Phi) is 2.20. The predicted octanol–water partition coefficient (Wildman–Crippen LogP) is 0.789. The summed E-state index contributed by atoms with van der Waals surface area (Å²) in [5.41, 5.74) is 0. The van der Waals surface area contributed by atoms with Crippen molar-refractivity contribution in [2.45, 2.75) is 6.92 Å². The third-order valence-electron chi connectivity index (χ3n) is 1.12. The highest BCUT2D eigenvalue weighted by atomic mass is 16.8. The van der Waals surface area contributed by atoms with E-state index in [1.165, 1.54) is 0 Å². The molecule has 0 fully saturated rings. The molecular weight excluding hydrogens is 150 g/mol. The number of carbonyl (C=O) groups is 1. The molecule has 5 nitrogen and oxygen atoms in total. The van der Waals surface area contributed by atoms with Crippen LogP contribution < -0.4 is 0 Å². The molecule has 0 aromatic carbocycles. The normalized spacial score (nSPS) is 15.7. The van der Waals surface area contributed by atoms with E-state index in [9.17, 15) is 4.79 Å². The van der Waals surface area contributed by atoms with Crippen molar-refractivity contribution in [1.29, 1.82) is 0 Å². The predicted molar refractivity (Wildman–Crippen MR) is 35.5 cm³/mol. The number of nitrogens with zero attached hydrogens (tertiary/aromatic N) is 1. The summed E-state index contributed by atoms with van der Waals surface area (Å²) in [6.45, 7) is 2.50. The van der Waals surface area contributed by atoms with Gasteiger partial charge in [0, 0.05) is 6.08 Å². The summed E-state index contributed by atoms with van der Waals surface area (Å²) in [5.74, 6) is 0.259. The zero-order valence-electron chi connectivity index (χ0n) is 6.11. The Hall–Kier alpha value is -1.39. The number of hydrogen-bond acceptors (Lipinski definition) is 3. The van der Waals surface area contributed by atoms with Crippen molar-refractivity contribution < 1.29 is 19.5 Å². The van der Waals surface area contributed by atoms with Crippen LogP contribution >= 0.6 is 0 Å². The number of amides is 1. The van der Waals surface area contributed by atoms with Crippen LogP contribution in [0.4, 0.5) is 4.79 Å². The molecule has 1 heterocycles. The number of hydroxylamine groups is 2. The third-order valence-corrected chi connectivity index (χ3v) is 1.12. The van der Waals surface area contributed by atoms with Gasteiger partial charge in [0.1, 0.15) is 0 Å². The van der Waals surface area contributed by atoms with Crippen LogP contribution in [0.3, 0.4) is 0 Å². The lowest BCUT2D eigenvalue weighted by atomic mass is 10.6. The SMILES string of the molecule is CCOC1=CCN(C(=O)O)O1. The summed E-state index contributed by atoms with van der Waals surface area (Å²) in [6.07, 6.45) is 0.452. The lowest BCUT2D eigenvalue weighted by Crippen LogP contribution is -2.25. The molecule has 1 rings (SSSR count). The van der Waals surface area contributed by atoms with Gasteiger partial charge in [0.15, 0.2) is 0 Å². The molecule has 11 heavy (non-hydrogen) atoms. The van der Waals surface area contributed by atoms with Crippen LogP contribution in [0.15, 0.2) is 12.0 Å². The maximum absolute atomic E-state index is 10.3. The number of rotatable bonds is 2. The Bertz CT molecular complexity index is 189. The van der Waals surface area contributed by atoms with Crippen molar-refractivity contribution in [2.24, 2.45) is 0 Å². The van der Waals surface area contributed by atoms with Gasteiger partial charge < -0.3 is 14.7 Å². The first-order valence-electron chi connectivity index (χ1n) is 3.25. The van der Waals surface area contributed by atoms with Gasteiger partial charge in [-0.1, -0.05) is 0 Å². The molecule has 1 amide bonds. The van der Waals surface area contributed by atoms with E-state index in [0.717, 1.165) is 5.06 Å². The van der Waals surface area contributed by atoms with Crippen LogP contribution in [-0.2, 0) is 9.57 Å². The van der Waals surface area contributed by atoms with Gasteiger partial charge in [-0.2, -0.15) is 0 Å². The molecule has 1 N–H and O–H groups in total. The van der Waals surface area contributed by atoms with Crippen LogP contribution in [-0.4, -0.2) is 29.4 Å². The van der Waals surface area contributed by atoms with E-state index < -0.39 is 6.09 Å². The molecule has 0 radical (unpaired) electrons. The van der Waals surface area contributed by atoms with Gasteiger partial charge in [-0.3, -0.25) is 0 Å². The molecule has 0 saturated carbocycles. The standard InChI is InChI=1S/C6H9NO4/c1-2-10-5-3-4-7(11-5)6(8)9/h3H,2,4H2,1H3,(H,8,9). The van der Waals surface area contributed by atoms with Gasteiger partial charge in [0.05, 0.1) is 13.2 Å². The number of carboxylic acid groups (broad SMARTS) is 1. The average Bonchev–Trinajstić information content (AvgIpc) is 2.37. The second-order valence-corrected chi connectivity index (χ2v) is 1.89. The zero-order chi connectivity index (χ0) is 8.27. The molecule has 62 valence electrons. The highest BCUT2D eigenvalue weighted by Crippen LogP contribution is 2.11. The van der Waals surface area contributed by atoms with E-state index >= 15 is 0 Å². The second kappa shape index (κ2) is 3.14. The number of ether oxygens (including phenoxy) is 1. The Balaban J connectivity index is 2.36. The van der Waals surface area contributed by atoms with Crippen molar-refractivity contribution >= 4 is 6.09 Å². The second-order valence-electron chi connectivity index (χ2n) is 1.89. The summed E-state index contributed by atoms with van der Waals surface area (Å²) in [6, 6.07) is 0. The van der Waals surface area contributed by atoms with Gasteiger partial charge in [-0.15, -0.1) is 5.06 Å². The van der Waals surface area contributed by atoms with Gasteiger partial charge in [0.25, 0.3) is 0 Å². The topological polar surface area (TPSA) is 59.0 Å². The van der Waals surface area contributed by atoms with Gasteiger partial charge in [0.2, 0.25) is 0 Å². The first-order valence-corrected chi connectivity index (χ1v) is 3.25. The van der Waals surface area contributed by atoms with Gasteiger partial charge in [-0.25, -0.2) is 4.79 Å². The van der Waals surface area contributed by atoms with Gasteiger partial charge in [-0.05, 0) is 6.92 Å². The summed E-state index contributed by atoms with van der Waals surface area (Å²) < 4.78 is 4.92. The van der Waals surface area contributed by atoms with Crippen molar-refractivity contribution in [2.75, 3.05) is 13.2 Å². The molecule has 0 atom stereocenters. The maximum atomic E-state index is 10.3. The van der Waals surface area contributed by atoms with E-state index in [1.807, 2.05) is 0 Å². The summed E-state index contributed by atoms with van der Waals surface area (Å²) in [7, 11) is 0. The largest absolute Gasteiger partial charge is 0.464 e. The first kappa shape index (κ1) is 7.71. The Morgan fingerprint density at radius 3 is 3.18 bits per heavy atom. The van der Waals surface area contributed by atoms with E-state index in [0.29, 0.717) is 6.61 Å². The average molecular weight is 159 g/mol. The lowest BCUT2D eigenvalue weighted by Gasteiger charge is -2.10. The van der Waals surface area contributed by atoms with E-state index in [2.05, 4.69) is 0 Å². The molecule has 0 aromatic heterocycles.